The molecule has 3 aromatic rings. The van der Waals surface area contributed by atoms with Gasteiger partial charge < -0.3 is 9.64 Å². The zero-order valence-corrected chi connectivity index (χ0v) is 18.2. The maximum atomic E-state index is 13.0. The molecule has 0 aliphatic carbocycles. The number of ether oxygens (including phenoxy) is 1. The van der Waals surface area contributed by atoms with Crippen molar-refractivity contribution in [1.82, 2.24) is 19.7 Å². The summed E-state index contributed by atoms with van der Waals surface area (Å²) in [5.41, 5.74) is 2.56. The average Bonchev–Trinajstić information content (AvgIpc) is 3.22. The molecule has 7 heteroatoms. The normalized spacial score (nSPS) is 16.6. The molecule has 0 N–H and O–H groups in total. The Morgan fingerprint density at radius 1 is 1.19 bits per heavy atom. The first-order valence-corrected chi connectivity index (χ1v) is 10.9. The van der Waals surface area contributed by atoms with Crippen molar-refractivity contribution >= 4 is 22.9 Å². The minimum absolute atomic E-state index is 0.0852. The number of amides is 1. The van der Waals surface area contributed by atoms with E-state index in [0.717, 1.165) is 31.4 Å². The molecule has 0 unspecified atom stereocenters. The Kier molecular flexibility index (Phi) is 6.02. The zero-order chi connectivity index (χ0) is 22.0. The van der Waals surface area contributed by atoms with E-state index in [9.17, 15) is 9.59 Å². The van der Waals surface area contributed by atoms with E-state index in [1.54, 1.807) is 16.9 Å². The minimum Gasteiger partial charge on any atom is -0.452 e. The molecule has 1 fully saturated rings. The van der Waals surface area contributed by atoms with Crippen LogP contribution in [0.2, 0.25) is 0 Å². The quantitative estimate of drug-likeness (QED) is 0.577. The summed E-state index contributed by atoms with van der Waals surface area (Å²) in [6.07, 6.45) is 4.74. The maximum Gasteiger partial charge on any atom is 0.339 e. The highest BCUT2D eigenvalue weighted by molar-refractivity contribution is 6.04. The van der Waals surface area contributed by atoms with Gasteiger partial charge in [0.1, 0.15) is 0 Å². The number of likely N-dealkylation sites (tertiary alicyclic amines) is 1. The van der Waals surface area contributed by atoms with Crippen molar-refractivity contribution < 1.29 is 14.3 Å². The molecule has 0 spiro atoms. The van der Waals surface area contributed by atoms with Gasteiger partial charge in [0.15, 0.2) is 12.3 Å². The van der Waals surface area contributed by atoms with Crippen LogP contribution < -0.4 is 0 Å². The van der Waals surface area contributed by atoms with Gasteiger partial charge in [0.05, 0.1) is 22.8 Å². The SMILES string of the molecule is CC(C)n1ncc2c(C(=O)OCC(=O)N3CCCC[C@@H]3C)cc(-c3ccccc3)nc21. The average molecular weight is 421 g/mol. The molecule has 4 rings (SSSR count). The molecule has 0 bridgehead atoms. The lowest BCUT2D eigenvalue weighted by molar-refractivity contribution is -0.137. The van der Waals surface area contributed by atoms with E-state index in [-0.39, 0.29) is 24.6 Å². The van der Waals surface area contributed by atoms with Crippen molar-refractivity contribution in [1.29, 1.82) is 0 Å². The molecular formula is C24H28N4O3. The van der Waals surface area contributed by atoms with Crippen LogP contribution in [-0.4, -0.2) is 50.7 Å². The molecule has 1 amide bonds. The molecule has 162 valence electrons. The van der Waals surface area contributed by atoms with Gasteiger partial charge in [-0.3, -0.25) is 4.79 Å². The van der Waals surface area contributed by atoms with E-state index < -0.39 is 5.97 Å². The predicted octanol–water partition coefficient (Wildman–Crippen LogP) is 4.24. The molecule has 1 aliphatic heterocycles. The minimum atomic E-state index is -0.536. The Balaban J connectivity index is 1.64. The van der Waals surface area contributed by atoms with Crippen molar-refractivity contribution in [3.63, 3.8) is 0 Å². The number of rotatable bonds is 5. The smallest absolute Gasteiger partial charge is 0.339 e. The largest absolute Gasteiger partial charge is 0.452 e. The fraction of sp³-hybridized carbons (Fsp3) is 0.417. The second-order valence-electron chi connectivity index (χ2n) is 8.35. The van der Waals surface area contributed by atoms with Crippen molar-refractivity contribution in [3.8, 4) is 11.3 Å². The molecule has 1 aliphatic rings. The fourth-order valence-electron chi connectivity index (χ4n) is 4.08. The predicted molar refractivity (Wildman–Crippen MR) is 119 cm³/mol. The van der Waals surface area contributed by atoms with Crippen molar-refractivity contribution in [3.05, 3.63) is 48.2 Å². The van der Waals surface area contributed by atoms with Crippen LogP contribution in [0.4, 0.5) is 0 Å². The van der Waals surface area contributed by atoms with Crippen LogP contribution in [-0.2, 0) is 9.53 Å². The van der Waals surface area contributed by atoms with Crippen molar-refractivity contribution in [2.45, 2.75) is 52.1 Å². The van der Waals surface area contributed by atoms with Gasteiger partial charge in [0.25, 0.3) is 5.91 Å². The van der Waals surface area contributed by atoms with Gasteiger partial charge in [0.2, 0.25) is 0 Å². The second kappa shape index (κ2) is 8.88. The van der Waals surface area contributed by atoms with Crippen molar-refractivity contribution in [2.75, 3.05) is 13.2 Å². The molecule has 2 aromatic heterocycles. The van der Waals surface area contributed by atoms with E-state index >= 15 is 0 Å². The number of benzene rings is 1. The summed E-state index contributed by atoms with van der Waals surface area (Å²) in [5.74, 6) is -0.682. The number of piperidine rings is 1. The van der Waals surface area contributed by atoms with Gasteiger partial charge >= 0.3 is 5.97 Å². The lowest BCUT2D eigenvalue weighted by atomic mass is 10.0. The van der Waals surface area contributed by atoms with Gasteiger partial charge in [0, 0.05) is 24.2 Å². The van der Waals surface area contributed by atoms with Crippen LogP contribution in [0.15, 0.2) is 42.6 Å². The van der Waals surface area contributed by atoms with E-state index in [1.165, 1.54) is 0 Å². The maximum absolute atomic E-state index is 13.0. The van der Waals surface area contributed by atoms with Gasteiger partial charge in [-0.25, -0.2) is 14.5 Å². The Labute approximate surface area is 182 Å². The molecule has 0 saturated carbocycles. The molecule has 0 radical (unpaired) electrons. The van der Waals surface area contributed by atoms with Crippen LogP contribution >= 0.6 is 0 Å². The van der Waals surface area contributed by atoms with Crippen LogP contribution in [0.5, 0.6) is 0 Å². The second-order valence-corrected chi connectivity index (χ2v) is 8.35. The van der Waals surface area contributed by atoms with Gasteiger partial charge in [-0.05, 0) is 46.1 Å². The molecular weight excluding hydrogens is 392 g/mol. The van der Waals surface area contributed by atoms with Gasteiger partial charge in [-0.2, -0.15) is 5.10 Å². The number of carbonyl (C=O) groups is 2. The summed E-state index contributed by atoms with van der Waals surface area (Å²) in [5, 5.41) is 5.04. The Morgan fingerprint density at radius 2 is 1.97 bits per heavy atom. The standard InChI is InChI=1S/C24H28N4O3/c1-16(2)28-23-20(14-25-28)19(13-21(26-23)18-10-5-4-6-11-18)24(30)31-15-22(29)27-12-8-7-9-17(27)3/h4-6,10-11,13-14,16-17H,7-9,12,15H2,1-3H3/t17-/m0/s1. The Hall–Kier alpha value is -3.22. The summed E-state index contributed by atoms with van der Waals surface area (Å²) in [4.78, 5) is 32.2. The van der Waals surface area contributed by atoms with Crippen LogP contribution in [0.25, 0.3) is 22.3 Å². The molecule has 1 saturated heterocycles. The lowest BCUT2D eigenvalue weighted by Gasteiger charge is -2.33. The number of aromatic nitrogens is 3. The van der Waals surface area contributed by atoms with Crippen LogP contribution in [0, 0.1) is 0 Å². The third-order valence-corrected chi connectivity index (χ3v) is 5.80. The number of carbonyl (C=O) groups excluding carboxylic acids is 2. The van der Waals surface area contributed by atoms with Crippen LogP contribution in [0.1, 0.15) is 56.4 Å². The first-order chi connectivity index (χ1) is 15.0. The van der Waals surface area contributed by atoms with Gasteiger partial charge in [-0.1, -0.05) is 30.3 Å². The number of pyridine rings is 1. The number of fused-ring (bicyclic) bond motifs is 1. The summed E-state index contributed by atoms with van der Waals surface area (Å²) >= 11 is 0. The lowest BCUT2D eigenvalue weighted by Crippen LogP contribution is -2.44. The van der Waals surface area contributed by atoms with Gasteiger partial charge in [-0.15, -0.1) is 0 Å². The first kappa shape index (κ1) is 21.0. The fourth-order valence-corrected chi connectivity index (χ4v) is 4.08. The monoisotopic (exact) mass is 420 g/mol. The highest BCUT2D eigenvalue weighted by atomic mass is 16.5. The van der Waals surface area contributed by atoms with Crippen LogP contribution in [0.3, 0.4) is 0 Å². The molecule has 3 heterocycles. The third kappa shape index (κ3) is 4.31. The summed E-state index contributed by atoms with van der Waals surface area (Å²) in [7, 11) is 0. The van der Waals surface area contributed by atoms with E-state index in [0.29, 0.717) is 22.3 Å². The highest BCUT2D eigenvalue weighted by Crippen LogP contribution is 2.27. The van der Waals surface area contributed by atoms with Crippen molar-refractivity contribution in [2.24, 2.45) is 0 Å². The van der Waals surface area contributed by atoms with E-state index in [4.69, 9.17) is 9.72 Å². The highest BCUT2D eigenvalue weighted by Gasteiger charge is 2.25. The number of esters is 1. The van der Waals surface area contributed by atoms with E-state index in [1.807, 2.05) is 56.0 Å². The number of nitrogens with zero attached hydrogens (tertiary/aromatic N) is 4. The topological polar surface area (TPSA) is 77.3 Å². The summed E-state index contributed by atoms with van der Waals surface area (Å²) in [6, 6.07) is 11.7. The molecule has 1 atom stereocenters. The zero-order valence-electron chi connectivity index (χ0n) is 18.2. The molecule has 7 nitrogen and oxygen atoms in total. The number of hydrogen-bond acceptors (Lipinski definition) is 5. The molecule has 31 heavy (non-hydrogen) atoms. The number of hydrogen-bond donors (Lipinski definition) is 0. The Bertz CT molecular complexity index is 1090. The third-order valence-electron chi connectivity index (χ3n) is 5.80. The molecule has 1 aromatic carbocycles. The van der Waals surface area contributed by atoms with E-state index in [2.05, 4.69) is 5.10 Å². The summed E-state index contributed by atoms with van der Waals surface area (Å²) in [6.45, 7) is 6.53. The summed E-state index contributed by atoms with van der Waals surface area (Å²) < 4.78 is 7.26. The Morgan fingerprint density at radius 3 is 2.68 bits per heavy atom. The first-order valence-electron chi connectivity index (χ1n) is 10.9.